The van der Waals surface area contributed by atoms with E-state index in [0.29, 0.717) is 5.56 Å². The van der Waals surface area contributed by atoms with Crippen molar-refractivity contribution in [2.24, 2.45) is 5.84 Å². The van der Waals surface area contributed by atoms with E-state index in [1.54, 1.807) is 0 Å². The minimum atomic E-state index is -0.993. The molecule has 0 unspecified atom stereocenters. The van der Waals surface area contributed by atoms with Crippen LogP contribution in [0.4, 0.5) is 0 Å². The van der Waals surface area contributed by atoms with E-state index in [4.69, 9.17) is 10.9 Å². The topological polar surface area (TPSA) is 96.5 Å². The molecule has 0 aliphatic carbocycles. The van der Waals surface area contributed by atoms with Crippen LogP contribution in [-0.4, -0.2) is 33.5 Å². The molecule has 1 aromatic rings. The molecule has 0 aromatic carbocycles. The smallest absolute Gasteiger partial charge is 0.305 e. The van der Waals surface area contributed by atoms with Crippen LogP contribution >= 0.6 is 0 Å². The second-order valence-electron chi connectivity index (χ2n) is 2.88. The van der Waals surface area contributed by atoms with Gasteiger partial charge in [0, 0.05) is 24.5 Å². The van der Waals surface area contributed by atoms with Crippen LogP contribution in [-0.2, 0) is 4.79 Å². The van der Waals surface area contributed by atoms with Gasteiger partial charge in [-0.3, -0.25) is 19.6 Å². The fourth-order valence-electron chi connectivity index (χ4n) is 0.978. The minimum Gasteiger partial charge on any atom is -0.481 e. The summed E-state index contributed by atoms with van der Waals surface area (Å²) in [4.78, 5) is 25.6. The summed E-state index contributed by atoms with van der Waals surface area (Å²) >= 11 is 0. The Morgan fingerprint density at radius 3 is 2.53 bits per heavy atom. The van der Waals surface area contributed by atoms with Crippen molar-refractivity contribution in [2.45, 2.75) is 6.42 Å². The predicted octanol–water partition coefficient (Wildman–Crippen LogP) is -0.128. The van der Waals surface area contributed by atoms with Gasteiger partial charge < -0.3 is 5.11 Å². The van der Waals surface area contributed by atoms with Gasteiger partial charge in [-0.25, -0.2) is 5.84 Å². The molecule has 80 valence electrons. The number of carbonyl (C=O) groups excluding carboxylic acids is 1. The fourth-order valence-corrected chi connectivity index (χ4v) is 0.978. The van der Waals surface area contributed by atoms with Gasteiger partial charge in [0.05, 0.1) is 6.42 Å². The standard InChI is InChI=1S/C9H11N3O3/c10-12(6-3-8(13)14)9(15)7-1-4-11-5-2-7/h1-2,4-5H,3,6,10H2,(H,13,14). The van der Waals surface area contributed by atoms with Gasteiger partial charge in [0.1, 0.15) is 0 Å². The van der Waals surface area contributed by atoms with Gasteiger partial charge >= 0.3 is 5.97 Å². The molecule has 0 aliphatic heterocycles. The van der Waals surface area contributed by atoms with E-state index in [9.17, 15) is 9.59 Å². The highest BCUT2D eigenvalue weighted by molar-refractivity contribution is 5.93. The predicted molar refractivity (Wildman–Crippen MR) is 51.7 cm³/mol. The average molecular weight is 209 g/mol. The lowest BCUT2D eigenvalue weighted by Crippen LogP contribution is -2.38. The summed E-state index contributed by atoms with van der Waals surface area (Å²) in [6.45, 7) is -0.0174. The molecule has 0 saturated carbocycles. The number of pyridine rings is 1. The third-order valence-electron chi connectivity index (χ3n) is 1.75. The second kappa shape index (κ2) is 5.06. The largest absolute Gasteiger partial charge is 0.481 e. The number of rotatable bonds is 4. The van der Waals surface area contributed by atoms with Gasteiger partial charge in [-0.1, -0.05) is 0 Å². The Hall–Kier alpha value is -1.95. The van der Waals surface area contributed by atoms with E-state index in [-0.39, 0.29) is 13.0 Å². The van der Waals surface area contributed by atoms with Crippen LogP contribution < -0.4 is 5.84 Å². The van der Waals surface area contributed by atoms with Crippen molar-refractivity contribution in [1.82, 2.24) is 9.99 Å². The Balaban J connectivity index is 2.57. The van der Waals surface area contributed by atoms with Crippen molar-refractivity contribution < 1.29 is 14.7 Å². The quantitative estimate of drug-likeness (QED) is 0.409. The van der Waals surface area contributed by atoms with Crippen LogP contribution in [0.3, 0.4) is 0 Å². The zero-order chi connectivity index (χ0) is 11.3. The molecule has 1 heterocycles. The van der Waals surface area contributed by atoms with Gasteiger partial charge in [-0.05, 0) is 12.1 Å². The number of aromatic nitrogens is 1. The molecule has 15 heavy (non-hydrogen) atoms. The molecule has 0 atom stereocenters. The SMILES string of the molecule is NN(CCC(=O)O)C(=O)c1ccncc1. The number of amides is 1. The number of carboxylic acid groups (broad SMARTS) is 1. The zero-order valence-corrected chi connectivity index (χ0v) is 7.96. The zero-order valence-electron chi connectivity index (χ0n) is 7.96. The molecule has 0 spiro atoms. The first-order valence-electron chi connectivity index (χ1n) is 4.29. The van der Waals surface area contributed by atoms with E-state index in [1.165, 1.54) is 24.5 Å². The number of carbonyl (C=O) groups is 2. The molecule has 1 rings (SSSR count). The number of nitrogens with zero attached hydrogens (tertiary/aromatic N) is 2. The van der Waals surface area contributed by atoms with Crippen LogP contribution in [0.5, 0.6) is 0 Å². The first-order chi connectivity index (χ1) is 7.11. The summed E-state index contributed by atoms with van der Waals surface area (Å²) in [5.41, 5.74) is 0.387. The summed E-state index contributed by atoms with van der Waals surface area (Å²) in [6, 6.07) is 3.03. The molecule has 1 amide bonds. The first kappa shape index (κ1) is 11.1. The van der Waals surface area contributed by atoms with E-state index >= 15 is 0 Å². The van der Waals surface area contributed by atoms with Crippen molar-refractivity contribution in [3.63, 3.8) is 0 Å². The van der Waals surface area contributed by atoms with Crippen molar-refractivity contribution in [2.75, 3.05) is 6.54 Å². The van der Waals surface area contributed by atoms with E-state index in [1.807, 2.05) is 0 Å². The molecule has 0 fully saturated rings. The molecule has 0 radical (unpaired) electrons. The first-order valence-corrected chi connectivity index (χ1v) is 4.29. The van der Waals surface area contributed by atoms with Crippen molar-refractivity contribution in [3.8, 4) is 0 Å². The lowest BCUT2D eigenvalue weighted by atomic mass is 10.2. The highest BCUT2D eigenvalue weighted by Crippen LogP contribution is 2.00. The molecule has 0 aliphatic rings. The summed E-state index contributed by atoms with van der Waals surface area (Å²) < 4.78 is 0. The molecule has 3 N–H and O–H groups in total. The van der Waals surface area contributed by atoms with Crippen molar-refractivity contribution in [1.29, 1.82) is 0 Å². The van der Waals surface area contributed by atoms with Crippen molar-refractivity contribution in [3.05, 3.63) is 30.1 Å². The maximum absolute atomic E-state index is 11.5. The lowest BCUT2D eigenvalue weighted by molar-refractivity contribution is -0.137. The average Bonchev–Trinajstić information content (AvgIpc) is 2.26. The van der Waals surface area contributed by atoms with Gasteiger partial charge in [0.25, 0.3) is 5.91 Å². The fraction of sp³-hybridized carbons (Fsp3) is 0.222. The number of aliphatic carboxylic acids is 1. The third kappa shape index (κ3) is 3.35. The van der Waals surface area contributed by atoms with Gasteiger partial charge in [-0.2, -0.15) is 0 Å². The van der Waals surface area contributed by atoms with Crippen LogP contribution in [0.15, 0.2) is 24.5 Å². The van der Waals surface area contributed by atoms with E-state index in [0.717, 1.165) is 5.01 Å². The summed E-state index contributed by atoms with van der Waals surface area (Å²) in [6.07, 6.45) is 2.77. The number of hydrogen-bond acceptors (Lipinski definition) is 4. The Morgan fingerprint density at radius 1 is 1.40 bits per heavy atom. The molecule has 6 heteroatoms. The number of carboxylic acids is 1. The highest BCUT2D eigenvalue weighted by atomic mass is 16.4. The Kier molecular flexibility index (Phi) is 3.75. The summed E-state index contributed by atoms with van der Waals surface area (Å²) in [5, 5.41) is 9.29. The van der Waals surface area contributed by atoms with E-state index in [2.05, 4.69) is 4.98 Å². The molecule has 0 bridgehead atoms. The maximum Gasteiger partial charge on any atom is 0.305 e. The molecular weight excluding hydrogens is 198 g/mol. The third-order valence-corrected chi connectivity index (χ3v) is 1.75. The maximum atomic E-state index is 11.5. The highest BCUT2D eigenvalue weighted by Gasteiger charge is 2.12. The Morgan fingerprint density at radius 2 is 2.00 bits per heavy atom. The van der Waals surface area contributed by atoms with Crippen LogP contribution in [0.1, 0.15) is 16.8 Å². The van der Waals surface area contributed by atoms with Gasteiger partial charge in [0.15, 0.2) is 0 Å². The normalized spacial score (nSPS) is 9.67. The van der Waals surface area contributed by atoms with Crippen LogP contribution in [0, 0.1) is 0 Å². The van der Waals surface area contributed by atoms with Crippen LogP contribution in [0.25, 0.3) is 0 Å². The number of hydrazine groups is 1. The molecule has 6 nitrogen and oxygen atoms in total. The lowest BCUT2D eigenvalue weighted by Gasteiger charge is -2.14. The molecule has 1 aromatic heterocycles. The minimum absolute atomic E-state index is 0.0174. The monoisotopic (exact) mass is 209 g/mol. The van der Waals surface area contributed by atoms with Crippen LogP contribution in [0.2, 0.25) is 0 Å². The molecule has 0 saturated heterocycles. The summed E-state index contributed by atoms with van der Waals surface area (Å²) in [7, 11) is 0. The Bertz CT molecular complexity index is 353. The van der Waals surface area contributed by atoms with E-state index < -0.39 is 11.9 Å². The number of hydrogen-bond donors (Lipinski definition) is 2. The van der Waals surface area contributed by atoms with Crippen molar-refractivity contribution >= 4 is 11.9 Å². The Labute approximate surface area is 86.3 Å². The second-order valence-corrected chi connectivity index (χ2v) is 2.88. The number of nitrogens with two attached hydrogens (primary N) is 1. The summed E-state index contributed by atoms with van der Waals surface area (Å²) in [5.74, 6) is 3.99. The van der Waals surface area contributed by atoms with Gasteiger partial charge in [-0.15, -0.1) is 0 Å². The van der Waals surface area contributed by atoms with Gasteiger partial charge in [0.2, 0.25) is 0 Å². The molecular formula is C9H11N3O3.